The third-order valence-corrected chi connectivity index (χ3v) is 4.64. The summed E-state index contributed by atoms with van der Waals surface area (Å²) < 4.78 is 40.0. The maximum absolute atomic E-state index is 12.9. The molecule has 122 valence electrons. The van der Waals surface area contributed by atoms with E-state index in [1.807, 2.05) is 0 Å². The standard InChI is InChI=1S/C13H8Br2F3N3O2/c14-8-5-19-21(12(23)11(8)15)6-10(22)20-9-4-2-1-3-7(9)13(16,17)18/h1-5H,6H2,(H,20,22). The molecule has 0 fully saturated rings. The fourth-order valence-electron chi connectivity index (χ4n) is 1.72. The minimum absolute atomic E-state index is 0.163. The Labute approximate surface area is 144 Å². The second-order valence-electron chi connectivity index (χ2n) is 4.36. The molecule has 0 radical (unpaired) electrons. The first-order valence-corrected chi connectivity index (χ1v) is 7.66. The largest absolute Gasteiger partial charge is 0.418 e. The molecule has 0 bridgehead atoms. The number of carbonyl (C=O) groups is 1. The second-order valence-corrected chi connectivity index (χ2v) is 6.01. The number of anilines is 1. The molecule has 1 heterocycles. The van der Waals surface area contributed by atoms with Gasteiger partial charge in [0.2, 0.25) is 5.91 Å². The normalized spacial score (nSPS) is 11.3. The molecule has 0 aliphatic heterocycles. The molecule has 0 atom stereocenters. The molecule has 5 nitrogen and oxygen atoms in total. The molecule has 2 aromatic rings. The number of carbonyl (C=O) groups excluding carboxylic acids is 1. The minimum atomic E-state index is -4.60. The van der Waals surface area contributed by atoms with Gasteiger partial charge in [-0.1, -0.05) is 12.1 Å². The van der Waals surface area contributed by atoms with Crippen molar-refractivity contribution in [1.82, 2.24) is 9.78 Å². The number of hydrogen-bond acceptors (Lipinski definition) is 3. The highest BCUT2D eigenvalue weighted by molar-refractivity contribution is 9.13. The van der Waals surface area contributed by atoms with Gasteiger partial charge in [-0.05, 0) is 44.0 Å². The van der Waals surface area contributed by atoms with E-state index in [1.165, 1.54) is 18.3 Å². The van der Waals surface area contributed by atoms with Crippen LogP contribution in [0.15, 0.2) is 44.2 Å². The van der Waals surface area contributed by atoms with Crippen LogP contribution in [0, 0.1) is 0 Å². The number of para-hydroxylation sites is 1. The molecule has 1 aromatic heterocycles. The van der Waals surface area contributed by atoms with Crippen molar-refractivity contribution in [2.45, 2.75) is 12.7 Å². The summed E-state index contributed by atoms with van der Waals surface area (Å²) in [6, 6.07) is 4.58. The Morgan fingerprint density at radius 3 is 2.57 bits per heavy atom. The predicted molar refractivity (Wildman–Crippen MR) is 84.0 cm³/mol. The number of rotatable bonds is 3. The highest BCUT2D eigenvalue weighted by Gasteiger charge is 2.33. The Hall–Kier alpha value is -1.68. The van der Waals surface area contributed by atoms with Gasteiger partial charge < -0.3 is 5.32 Å². The monoisotopic (exact) mass is 453 g/mol. The molecule has 23 heavy (non-hydrogen) atoms. The third kappa shape index (κ3) is 4.20. The van der Waals surface area contributed by atoms with Crippen LogP contribution < -0.4 is 10.9 Å². The Kier molecular flexibility index (Phi) is 5.25. The third-order valence-electron chi connectivity index (χ3n) is 2.74. The van der Waals surface area contributed by atoms with Gasteiger partial charge in [-0.15, -0.1) is 0 Å². The van der Waals surface area contributed by atoms with Crippen molar-refractivity contribution < 1.29 is 18.0 Å². The van der Waals surface area contributed by atoms with E-state index in [0.29, 0.717) is 4.47 Å². The molecular weight excluding hydrogens is 447 g/mol. The number of alkyl halides is 3. The molecule has 2 rings (SSSR count). The summed E-state index contributed by atoms with van der Waals surface area (Å²) in [5.41, 5.74) is -1.93. The van der Waals surface area contributed by atoms with Gasteiger partial charge in [0, 0.05) is 0 Å². The minimum Gasteiger partial charge on any atom is -0.324 e. The van der Waals surface area contributed by atoms with Crippen molar-refractivity contribution in [3.63, 3.8) is 0 Å². The lowest BCUT2D eigenvalue weighted by Crippen LogP contribution is -2.30. The Bertz CT molecular complexity index is 806. The van der Waals surface area contributed by atoms with E-state index in [0.717, 1.165) is 16.8 Å². The molecule has 0 saturated carbocycles. The van der Waals surface area contributed by atoms with Gasteiger partial charge >= 0.3 is 6.18 Å². The number of hydrogen-bond donors (Lipinski definition) is 1. The van der Waals surface area contributed by atoms with Gasteiger partial charge in [0.15, 0.2) is 0 Å². The van der Waals surface area contributed by atoms with Crippen molar-refractivity contribution in [2.75, 3.05) is 5.32 Å². The number of halogens is 5. The molecule has 0 unspecified atom stereocenters. The topological polar surface area (TPSA) is 64.0 Å². The van der Waals surface area contributed by atoms with Gasteiger partial charge in [-0.25, -0.2) is 4.68 Å². The van der Waals surface area contributed by atoms with Gasteiger partial charge in [-0.3, -0.25) is 9.59 Å². The first-order chi connectivity index (χ1) is 10.7. The summed E-state index contributed by atoms with van der Waals surface area (Å²) >= 11 is 6.11. The lowest BCUT2D eigenvalue weighted by molar-refractivity contribution is -0.137. The van der Waals surface area contributed by atoms with Crippen LogP contribution in [0.2, 0.25) is 0 Å². The summed E-state index contributed by atoms with van der Waals surface area (Å²) in [5.74, 6) is -0.800. The highest BCUT2D eigenvalue weighted by atomic mass is 79.9. The van der Waals surface area contributed by atoms with E-state index in [9.17, 15) is 22.8 Å². The van der Waals surface area contributed by atoms with Crippen LogP contribution in [-0.4, -0.2) is 15.7 Å². The quantitative estimate of drug-likeness (QED) is 0.772. The highest BCUT2D eigenvalue weighted by Crippen LogP contribution is 2.34. The van der Waals surface area contributed by atoms with E-state index in [2.05, 4.69) is 42.3 Å². The molecule has 0 aliphatic carbocycles. The van der Waals surface area contributed by atoms with Crippen molar-refractivity contribution in [2.24, 2.45) is 0 Å². The van der Waals surface area contributed by atoms with Gasteiger partial charge in [0.05, 0.1) is 21.9 Å². The molecular formula is C13H8Br2F3N3O2. The number of benzene rings is 1. The van der Waals surface area contributed by atoms with Crippen LogP contribution in [0.1, 0.15) is 5.56 Å². The van der Waals surface area contributed by atoms with E-state index in [-0.39, 0.29) is 10.2 Å². The van der Waals surface area contributed by atoms with Crippen molar-refractivity contribution >= 4 is 43.5 Å². The van der Waals surface area contributed by atoms with Crippen molar-refractivity contribution in [1.29, 1.82) is 0 Å². The zero-order valence-corrected chi connectivity index (χ0v) is 14.4. The number of nitrogens with one attached hydrogen (secondary N) is 1. The fourth-order valence-corrected chi connectivity index (χ4v) is 2.29. The first-order valence-electron chi connectivity index (χ1n) is 6.07. The van der Waals surface area contributed by atoms with Crippen LogP contribution in [0.5, 0.6) is 0 Å². The summed E-state index contributed by atoms with van der Waals surface area (Å²) in [6.45, 7) is -0.517. The van der Waals surface area contributed by atoms with E-state index >= 15 is 0 Å². The zero-order valence-electron chi connectivity index (χ0n) is 11.2. The predicted octanol–water partition coefficient (Wildman–Crippen LogP) is 3.43. The average molecular weight is 455 g/mol. The lowest BCUT2D eigenvalue weighted by atomic mass is 10.1. The number of amides is 1. The van der Waals surface area contributed by atoms with Crippen LogP contribution in [0.3, 0.4) is 0 Å². The number of nitrogens with zero attached hydrogens (tertiary/aromatic N) is 2. The molecule has 1 aromatic carbocycles. The number of aromatic nitrogens is 2. The molecule has 0 spiro atoms. The smallest absolute Gasteiger partial charge is 0.324 e. The summed E-state index contributed by atoms with van der Waals surface area (Å²) in [4.78, 5) is 23.8. The SMILES string of the molecule is O=C(Cn1ncc(Br)c(Br)c1=O)Nc1ccccc1C(F)(F)F. The molecule has 1 N–H and O–H groups in total. The van der Waals surface area contributed by atoms with Crippen LogP contribution in [-0.2, 0) is 17.5 Å². The van der Waals surface area contributed by atoms with Crippen molar-refractivity contribution in [3.8, 4) is 0 Å². The Balaban J connectivity index is 2.22. The summed E-state index contributed by atoms with van der Waals surface area (Å²) in [6.07, 6.45) is -3.30. The van der Waals surface area contributed by atoms with E-state index < -0.39 is 29.8 Å². The second kappa shape index (κ2) is 6.83. The van der Waals surface area contributed by atoms with Gasteiger partial charge in [0.25, 0.3) is 5.56 Å². The molecule has 0 aliphatic rings. The zero-order chi connectivity index (χ0) is 17.2. The van der Waals surface area contributed by atoms with Crippen LogP contribution in [0.4, 0.5) is 18.9 Å². The van der Waals surface area contributed by atoms with Gasteiger partial charge in [0.1, 0.15) is 11.0 Å². The first kappa shape index (κ1) is 17.7. The summed E-state index contributed by atoms with van der Waals surface area (Å²) in [5, 5.41) is 5.88. The van der Waals surface area contributed by atoms with E-state index in [1.54, 1.807) is 0 Å². The summed E-state index contributed by atoms with van der Waals surface area (Å²) in [7, 11) is 0. The maximum atomic E-state index is 12.9. The Morgan fingerprint density at radius 1 is 1.26 bits per heavy atom. The molecule has 10 heteroatoms. The average Bonchev–Trinajstić information content (AvgIpc) is 2.47. The maximum Gasteiger partial charge on any atom is 0.418 e. The molecule has 1 amide bonds. The lowest BCUT2D eigenvalue weighted by Gasteiger charge is -2.13. The fraction of sp³-hybridized carbons (Fsp3) is 0.154. The van der Waals surface area contributed by atoms with Crippen LogP contribution in [0.25, 0.3) is 0 Å². The van der Waals surface area contributed by atoms with Crippen molar-refractivity contribution in [3.05, 3.63) is 55.3 Å². The molecule has 0 saturated heterocycles. The van der Waals surface area contributed by atoms with Crippen LogP contribution >= 0.6 is 31.9 Å². The van der Waals surface area contributed by atoms with E-state index in [4.69, 9.17) is 0 Å². The van der Waals surface area contributed by atoms with Gasteiger partial charge in [-0.2, -0.15) is 18.3 Å². The Morgan fingerprint density at radius 2 is 1.91 bits per heavy atom.